The van der Waals surface area contributed by atoms with E-state index in [4.69, 9.17) is 25.5 Å². The molecule has 29 heavy (non-hydrogen) atoms. The molecule has 0 spiro atoms. The standard InChI is InChI=1S/C22H15ClFNO4/c1-25-22(26)29-20-12-15-10-14(11-19(23)21(15)28-20)13-2-6-17(7-3-13)27-18-8-4-16(24)5-9-18/h2-12H,1H3,(H,25,26). The molecule has 0 atom stereocenters. The van der Waals surface area contributed by atoms with E-state index in [-0.39, 0.29) is 11.8 Å². The van der Waals surface area contributed by atoms with Crippen LogP contribution in [0.5, 0.6) is 17.4 Å². The van der Waals surface area contributed by atoms with Crippen LogP contribution in [0.4, 0.5) is 9.18 Å². The zero-order chi connectivity index (χ0) is 20.4. The first-order chi connectivity index (χ1) is 14.0. The van der Waals surface area contributed by atoms with Gasteiger partial charge in [-0.2, -0.15) is 0 Å². The number of hydrogen-bond donors (Lipinski definition) is 1. The largest absolute Gasteiger partial charge is 0.457 e. The molecule has 0 radical (unpaired) electrons. The van der Waals surface area contributed by atoms with Gasteiger partial charge in [-0.15, -0.1) is 0 Å². The Labute approximate surface area is 170 Å². The number of carbonyl (C=O) groups is 1. The maximum absolute atomic E-state index is 13.0. The Balaban J connectivity index is 1.58. The Hall–Kier alpha value is -3.51. The van der Waals surface area contributed by atoms with Crippen LogP contribution in [0.2, 0.25) is 5.02 Å². The summed E-state index contributed by atoms with van der Waals surface area (Å²) in [6, 6.07) is 18.5. The quantitative estimate of drug-likeness (QED) is 0.422. The number of amides is 1. The Bertz CT molecular complexity index is 1170. The maximum Gasteiger partial charge on any atom is 0.414 e. The van der Waals surface area contributed by atoms with Crippen LogP contribution in [0.15, 0.2) is 71.1 Å². The third kappa shape index (κ3) is 4.17. The summed E-state index contributed by atoms with van der Waals surface area (Å²) in [5.41, 5.74) is 2.21. The highest BCUT2D eigenvalue weighted by molar-refractivity contribution is 6.35. The van der Waals surface area contributed by atoms with Crippen LogP contribution in [0, 0.1) is 5.82 Å². The molecule has 0 aliphatic heterocycles. The van der Waals surface area contributed by atoms with Crippen molar-refractivity contribution in [2.75, 3.05) is 7.05 Å². The van der Waals surface area contributed by atoms with E-state index in [1.54, 1.807) is 24.3 Å². The van der Waals surface area contributed by atoms with Gasteiger partial charge in [-0.05, 0) is 59.7 Å². The van der Waals surface area contributed by atoms with E-state index in [1.807, 2.05) is 30.3 Å². The summed E-state index contributed by atoms with van der Waals surface area (Å²) >= 11 is 6.34. The van der Waals surface area contributed by atoms with Gasteiger partial charge in [0.15, 0.2) is 5.58 Å². The van der Waals surface area contributed by atoms with Gasteiger partial charge in [0.05, 0.1) is 5.02 Å². The van der Waals surface area contributed by atoms with E-state index in [0.29, 0.717) is 27.5 Å². The minimum absolute atomic E-state index is 0.0569. The van der Waals surface area contributed by atoms with Gasteiger partial charge in [0, 0.05) is 18.5 Å². The van der Waals surface area contributed by atoms with Gasteiger partial charge in [0.1, 0.15) is 17.3 Å². The fourth-order valence-electron chi connectivity index (χ4n) is 2.80. The zero-order valence-electron chi connectivity index (χ0n) is 15.2. The number of halogens is 2. The topological polar surface area (TPSA) is 60.7 Å². The molecule has 1 amide bonds. The molecular formula is C22H15ClFNO4. The van der Waals surface area contributed by atoms with Crippen molar-refractivity contribution in [3.63, 3.8) is 0 Å². The summed E-state index contributed by atoms with van der Waals surface area (Å²) in [6.45, 7) is 0. The van der Waals surface area contributed by atoms with Crippen LogP contribution >= 0.6 is 11.6 Å². The minimum atomic E-state index is -0.628. The molecule has 0 fully saturated rings. The fourth-order valence-corrected chi connectivity index (χ4v) is 3.07. The van der Waals surface area contributed by atoms with Crippen molar-refractivity contribution < 1.29 is 23.1 Å². The van der Waals surface area contributed by atoms with Crippen molar-refractivity contribution in [3.05, 3.63) is 77.6 Å². The Morgan fingerprint density at radius 2 is 1.62 bits per heavy atom. The van der Waals surface area contributed by atoms with Crippen molar-refractivity contribution in [2.45, 2.75) is 0 Å². The van der Waals surface area contributed by atoms with Gasteiger partial charge in [-0.25, -0.2) is 9.18 Å². The molecule has 7 heteroatoms. The molecule has 0 unspecified atom stereocenters. The normalized spacial score (nSPS) is 10.7. The molecule has 3 aromatic carbocycles. The van der Waals surface area contributed by atoms with Crippen molar-refractivity contribution in [2.24, 2.45) is 0 Å². The van der Waals surface area contributed by atoms with E-state index in [1.165, 1.54) is 19.2 Å². The molecule has 1 heterocycles. The average Bonchev–Trinajstić information content (AvgIpc) is 3.13. The van der Waals surface area contributed by atoms with Gasteiger partial charge < -0.3 is 19.2 Å². The Kier molecular flexibility index (Phi) is 5.10. The molecule has 0 saturated heterocycles. The van der Waals surface area contributed by atoms with E-state index in [0.717, 1.165) is 11.1 Å². The van der Waals surface area contributed by atoms with Gasteiger partial charge in [0.2, 0.25) is 0 Å². The summed E-state index contributed by atoms with van der Waals surface area (Å²) in [5, 5.41) is 3.46. The number of hydrogen-bond acceptors (Lipinski definition) is 4. The zero-order valence-corrected chi connectivity index (χ0v) is 16.0. The predicted octanol–water partition coefficient (Wildman–Crippen LogP) is 6.40. The summed E-state index contributed by atoms with van der Waals surface area (Å²) in [4.78, 5) is 11.4. The highest BCUT2D eigenvalue weighted by Crippen LogP contribution is 2.36. The highest BCUT2D eigenvalue weighted by atomic mass is 35.5. The molecule has 0 bridgehead atoms. The van der Waals surface area contributed by atoms with E-state index < -0.39 is 6.09 Å². The molecular weight excluding hydrogens is 397 g/mol. The first kappa shape index (κ1) is 18.8. The van der Waals surface area contributed by atoms with E-state index in [2.05, 4.69) is 5.32 Å². The molecule has 5 nitrogen and oxygen atoms in total. The number of benzene rings is 3. The molecule has 4 rings (SSSR count). The van der Waals surface area contributed by atoms with E-state index in [9.17, 15) is 9.18 Å². The van der Waals surface area contributed by atoms with Crippen molar-refractivity contribution >= 4 is 28.7 Å². The average molecular weight is 412 g/mol. The fraction of sp³-hybridized carbons (Fsp3) is 0.0455. The van der Waals surface area contributed by atoms with Crippen LogP contribution in [0.3, 0.4) is 0 Å². The van der Waals surface area contributed by atoms with Crippen LogP contribution in [-0.2, 0) is 0 Å². The van der Waals surface area contributed by atoms with Gasteiger partial charge in [-0.1, -0.05) is 23.7 Å². The van der Waals surface area contributed by atoms with Crippen LogP contribution < -0.4 is 14.8 Å². The molecule has 1 N–H and O–H groups in total. The lowest BCUT2D eigenvalue weighted by atomic mass is 10.0. The van der Waals surface area contributed by atoms with Crippen molar-refractivity contribution in [1.29, 1.82) is 0 Å². The minimum Gasteiger partial charge on any atom is -0.457 e. The van der Waals surface area contributed by atoms with Gasteiger partial charge >= 0.3 is 6.09 Å². The summed E-state index contributed by atoms with van der Waals surface area (Å²) in [7, 11) is 1.46. The molecule has 0 aliphatic rings. The lowest BCUT2D eigenvalue weighted by molar-refractivity contribution is 0.191. The van der Waals surface area contributed by atoms with Crippen LogP contribution in [0.25, 0.3) is 22.1 Å². The van der Waals surface area contributed by atoms with Crippen molar-refractivity contribution in [3.8, 4) is 28.6 Å². The monoisotopic (exact) mass is 411 g/mol. The number of rotatable bonds is 4. The molecule has 4 aromatic rings. The number of fused-ring (bicyclic) bond motifs is 1. The SMILES string of the molecule is CNC(=O)Oc1cc2cc(-c3ccc(Oc4ccc(F)cc4)cc3)cc(Cl)c2o1. The number of furan rings is 1. The lowest BCUT2D eigenvalue weighted by Gasteiger charge is -2.07. The first-order valence-electron chi connectivity index (χ1n) is 8.68. The first-order valence-corrected chi connectivity index (χ1v) is 9.06. The van der Waals surface area contributed by atoms with E-state index >= 15 is 0 Å². The highest BCUT2D eigenvalue weighted by Gasteiger charge is 2.13. The Morgan fingerprint density at radius 3 is 2.28 bits per heavy atom. The summed E-state index contributed by atoms with van der Waals surface area (Å²) in [5.74, 6) is 0.910. The van der Waals surface area contributed by atoms with Gasteiger partial charge in [0.25, 0.3) is 5.95 Å². The second-order valence-electron chi connectivity index (χ2n) is 6.16. The number of carbonyl (C=O) groups excluding carboxylic acids is 1. The van der Waals surface area contributed by atoms with Crippen LogP contribution in [-0.4, -0.2) is 13.1 Å². The molecule has 0 saturated carbocycles. The third-order valence-corrected chi connectivity index (χ3v) is 4.46. The van der Waals surface area contributed by atoms with Crippen molar-refractivity contribution in [1.82, 2.24) is 5.32 Å². The lowest BCUT2D eigenvalue weighted by Crippen LogP contribution is -2.21. The second kappa shape index (κ2) is 7.85. The molecule has 1 aromatic heterocycles. The summed E-state index contributed by atoms with van der Waals surface area (Å²) < 4.78 is 29.2. The smallest absolute Gasteiger partial charge is 0.414 e. The van der Waals surface area contributed by atoms with Crippen LogP contribution in [0.1, 0.15) is 0 Å². The third-order valence-electron chi connectivity index (χ3n) is 4.18. The number of nitrogens with one attached hydrogen (secondary N) is 1. The summed E-state index contributed by atoms with van der Waals surface area (Å²) in [6.07, 6.45) is -0.628. The second-order valence-corrected chi connectivity index (χ2v) is 6.57. The number of ether oxygens (including phenoxy) is 2. The molecule has 146 valence electrons. The Morgan fingerprint density at radius 1 is 0.966 bits per heavy atom. The maximum atomic E-state index is 13.0. The molecule has 0 aliphatic carbocycles. The predicted molar refractivity (Wildman–Crippen MR) is 108 cm³/mol. The van der Waals surface area contributed by atoms with Gasteiger partial charge in [-0.3, -0.25) is 0 Å².